The number of nitrogens with zero attached hydrogens (tertiary/aromatic N) is 1. The molecule has 2 aromatic rings. The zero-order chi connectivity index (χ0) is 12.1. The Kier molecular flexibility index (Phi) is 3.73. The van der Waals surface area contributed by atoms with Gasteiger partial charge in [0.15, 0.2) is 0 Å². The molecule has 86 valence electrons. The Hall–Kier alpha value is -1.87. The van der Waals surface area contributed by atoms with Gasteiger partial charge in [0.25, 0.3) is 5.24 Å². The highest BCUT2D eigenvalue weighted by Crippen LogP contribution is 2.13. The molecule has 0 saturated heterocycles. The summed E-state index contributed by atoms with van der Waals surface area (Å²) in [5, 5.41) is -0.517. The third-order valence-electron chi connectivity index (χ3n) is 2.19. The van der Waals surface area contributed by atoms with Crippen LogP contribution in [-0.2, 0) is 6.61 Å². The summed E-state index contributed by atoms with van der Waals surface area (Å²) in [7, 11) is 0. The Balaban J connectivity index is 2.04. The van der Waals surface area contributed by atoms with E-state index in [-0.39, 0.29) is 0 Å². The van der Waals surface area contributed by atoms with Gasteiger partial charge in [0, 0.05) is 17.8 Å². The minimum Gasteiger partial charge on any atom is -0.473 e. The minimum atomic E-state index is -0.517. The lowest BCUT2D eigenvalue weighted by Gasteiger charge is -2.05. The molecular formula is C13H10ClNO2. The van der Waals surface area contributed by atoms with Gasteiger partial charge in [-0.05, 0) is 23.2 Å². The van der Waals surface area contributed by atoms with Gasteiger partial charge in [-0.15, -0.1) is 0 Å². The van der Waals surface area contributed by atoms with Crippen LogP contribution in [0.5, 0.6) is 5.88 Å². The van der Waals surface area contributed by atoms with E-state index in [1.165, 1.54) is 12.3 Å². The van der Waals surface area contributed by atoms with Crippen molar-refractivity contribution in [1.29, 1.82) is 0 Å². The Bertz CT molecular complexity index is 514. The smallest absolute Gasteiger partial charge is 0.252 e. The van der Waals surface area contributed by atoms with Crippen LogP contribution < -0.4 is 4.74 Å². The Morgan fingerprint density at radius 1 is 1.24 bits per heavy atom. The Morgan fingerprint density at radius 3 is 2.71 bits per heavy atom. The number of carbonyl (C=O) groups is 1. The van der Waals surface area contributed by atoms with Crippen molar-refractivity contribution in [2.24, 2.45) is 0 Å². The van der Waals surface area contributed by atoms with E-state index in [0.717, 1.165) is 5.56 Å². The molecule has 17 heavy (non-hydrogen) atoms. The highest BCUT2D eigenvalue weighted by atomic mass is 35.5. The predicted octanol–water partition coefficient (Wildman–Crippen LogP) is 3.04. The van der Waals surface area contributed by atoms with Crippen LogP contribution >= 0.6 is 11.6 Å². The molecule has 0 unspecified atom stereocenters. The summed E-state index contributed by atoms with van der Waals surface area (Å²) in [6.45, 7) is 0.410. The fourth-order valence-corrected chi connectivity index (χ4v) is 1.46. The first-order valence-electron chi connectivity index (χ1n) is 5.08. The van der Waals surface area contributed by atoms with Gasteiger partial charge in [-0.1, -0.05) is 30.3 Å². The van der Waals surface area contributed by atoms with Crippen molar-refractivity contribution in [3.8, 4) is 5.88 Å². The molecular weight excluding hydrogens is 238 g/mol. The number of pyridine rings is 1. The number of ether oxygens (including phenoxy) is 1. The van der Waals surface area contributed by atoms with E-state index in [1.54, 1.807) is 6.07 Å². The molecule has 0 fully saturated rings. The normalized spacial score (nSPS) is 9.94. The largest absolute Gasteiger partial charge is 0.473 e. The maximum Gasteiger partial charge on any atom is 0.252 e. The van der Waals surface area contributed by atoms with Crippen molar-refractivity contribution in [2.45, 2.75) is 6.61 Å². The number of benzene rings is 1. The van der Waals surface area contributed by atoms with Crippen LogP contribution in [0, 0.1) is 0 Å². The topological polar surface area (TPSA) is 39.2 Å². The number of halogens is 1. The molecule has 0 atom stereocenters. The van der Waals surface area contributed by atoms with Crippen LogP contribution in [0.1, 0.15) is 15.9 Å². The predicted molar refractivity (Wildman–Crippen MR) is 65.2 cm³/mol. The molecule has 0 amide bonds. The zero-order valence-electron chi connectivity index (χ0n) is 8.97. The summed E-state index contributed by atoms with van der Waals surface area (Å²) in [5.74, 6) is 0.389. The van der Waals surface area contributed by atoms with E-state index in [9.17, 15) is 4.79 Å². The first kappa shape index (κ1) is 11.6. The molecule has 2 rings (SSSR count). The summed E-state index contributed by atoms with van der Waals surface area (Å²) in [4.78, 5) is 15.0. The van der Waals surface area contributed by atoms with Crippen molar-refractivity contribution < 1.29 is 9.53 Å². The van der Waals surface area contributed by atoms with Gasteiger partial charge in [-0.3, -0.25) is 4.79 Å². The monoisotopic (exact) mass is 247 g/mol. The number of rotatable bonds is 4. The van der Waals surface area contributed by atoms with E-state index in [4.69, 9.17) is 16.3 Å². The fraction of sp³-hybridized carbons (Fsp3) is 0.0769. The molecule has 0 bridgehead atoms. The average Bonchev–Trinajstić information content (AvgIpc) is 2.38. The van der Waals surface area contributed by atoms with Crippen molar-refractivity contribution in [3.05, 3.63) is 59.8 Å². The molecule has 0 aliphatic rings. The number of hydrogen-bond donors (Lipinski definition) is 0. The summed E-state index contributed by atoms with van der Waals surface area (Å²) in [6, 6.07) is 12.8. The molecule has 1 aromatic carbocycles. The second kappa shape index (κ2) is 5.46. The first-order chi connectivity index (χ1) is 8.25. The van der Waals surface area contributed by atoms with Gasteiger partial charge >= 0.3 is 0 Å². The molecule has 1 heterocycles. The Labute approximate surface area is 104 Å². The molecule has 3 nitrogen and oxygen atoms in total. The molecule has 0 aliphatic heterocycles. The molecule has 0 aliphatic carbocycles. The fourth-order valence-electron chi connectivity index (χ4n) is 1.34. The highest BCUT2D eigenvalue weighted by molar-refractivity contribution is 6.67. The van der Waals surface area contributed by atoms with Crippen molar-refractivity contribution in [2.75, 3.05) is 0 Å². The van der Waals surface area contributed by atoms with E-state index in [2.05, 4.69) is 4.98 Å². The Morgan fingerprint density at radius 2 is 2.00 bits per heavy atom. The quantitative estimate of drug-likeness (QED) is 0.780. The lowest BCUT2D eigenvalue weighted by atomic mass is 10.2. The molecule has 0 saturated carbocycles. The van der Waals surface area contributed by atoms with Crippen molar-refractivity contribution in [3.63, 3.8) is 0 Å². The third-order valence-corrected chi connectivity index (χ3v) is 2.41. The van der Waals surface area contributed by atoms with E-state index in [0.29, 0.717) is 18.1 Å². The van der Waals surface area contributed by atoms with Crippen LogP contribution in [0.25, 0.3) is 0 Å². The lowest BCUT2D eigenvalue weighted by molar-refractivity contribution is 0.108. The SMILES string of the molecule is O=C(Cl)c1ccnc(OCc2ccccc2)c1. The molecule has 0 radical (unpaired) electrons. The van der Waals surface area contributed by atoms with Gasteiger partial charge in [-0.2, -0.15) is 0 Å². The zero-order valence-corrected chi connectivity index (χ0v) is 9.72. The van der Waals surface area contributed by atoms with Crippen molar-refractivity contribution >= 4 is 16.8 Å². The van der Waals surface area contributed by atoms with Gasteiger partial charge in [0.05, 0.1) is 0 Å². The lowest BCUT2D eigenvalue weighted by Crippen LogP contribution is -1.98. The summed E-state index contributed by atoms with van der Waals surface area (Å²) in [6.07, 6.45) is 1.50. The maximum absolute atomic E-state index is 11.0. The second-order valence-electron chi connectivity index (χ2n) is 3.43. The van der Waals surface area contributed by atoms with Crippen molar-refractivity contribution in [1.82, 2.24) is 4.98 Å². The number of aromatic nitrogens is 1. The number of carbonyl (C=O) groups excluding carboxylic acids is 1. The molecule has 0 spiro atoms. The molecule has 1 aromatic heterocycles. The molecule has 0 N–H and O–H groups in total. The molecule has 4 heteroatoms. The second-order valence-corrected chi connectivity index (χ2v) is 3.77. The summed E-state index contributed by atoms with van der Waals surface area (Å²) in [5.41, 5.74) is 1.42. The van der Waals surface area contributed by atoms with E-state index < -0.39 is 5.24 Å². The summed E-state index contributed by atoms with van der Waals surface area (Å²) >= 11 is 5.37. The van der Waals surface area contributed by atoms with Crippen LogP contribution in [0.4, 0.5) is 0 Å². The van der Waals surface area contributed by atoms with Gasteiger partial charge in [0.2, 0.25) is 5.88 Å². The maximum atomic E-state index is 11.0. The van der Waals surface area contributed by atoms with Crippen LogP contribution in [-0.4, -0.2) is 10.2 Å². The van der Waals surface area contributed by atoms with Crippen LogP contribution in [0.15, 0.2) is 48.7 Å². The standard InChI is InChI=1S/C13H10ClNO2/c14-13(16)11-6-7-15-12(8-11)17-9-10-4-2-1-3-5-10/h1-8H,9H2. The summed E-state index contributed by atoms with van der Waals surface area (Å²) < 4.78 is 5.46. The van der Waals surface area contributed by atoms with E-state index >= 15 is 0 Å². The third kappa shape index (κ3) is 3.29. The van der Waals surface area contributed by atoms with Gasteiger partial charge in [0.1, 0.15) is 6.61 Å². The van der Waals surface area contributed by atoms with Gasteiger partial charge < -0.3 is 4.74 Å². The van der Waals surface area contributed by atoms with Gasteiger partial charge in [-0.25, -0.2) is 4.98 Å². The minimum absolute atomic E-state index is 0.379. The highest BCUT2D eigenvalue weighted by Gasteiger charge is 2.04. The number of hydrogen-bond acceptors (Lipinski definition) is 3. The van der Waals surface area contributed by atoms with Crippen LogP contribution in [0.2, 0.25) is 0 Å². The average molecular weight is 248 g/mol. The first-order valence-corrected chi connectivity index (χ1v) is 5.46. The van der Waals surface area contributed by atoms with Crippen LogP contribution in [0.3, 0.4) is 0 Å². The van der Waals surface area contributed by atoms with E-state index in [1.807, 2.05) is 30.3 Å².